The number of hydrogen-bond acceptors (Lipinski definition) is 3. The minimum Gasteiger partial charge on any atom is -0.493 e. The predicted octanol–water partition coefficient (Wildman–Crippen LogP) is 3.77. The molecule has 0 radical (unpaired) electrons. The van der Waals surface area contributed by atoms with E-state index in [0.29, 0.717) is 23.9 Å². The van der Waals surface area contributed by atoms with Crippen LogP contribution < -0.4 is 15.4 Å². The maximum absolute atomic E-state index is 11.9. The Kier molecular flexibility index (Phi) is 6.12. The van der Waals surface area contributed by atoms with Crippen molar-refractivity contribution in [2.45, 2.75) is 25.8 Å². The lowest BCUT2D eigenvalue weighted by atomic mass is 10.2. The molecule has 2 aromatic rings. The molecular weight excluding hydrogens is 352 g/mol. The van der Waals surface area contributed by atoms with E-state index in [9.17, 15) is 9.59 Å². The Labute approximate surface area is 157 Å². The molecular formula is C20H21ClN2O3. The highest BCUT2D eigenvalue weighted by Crippen LogP contribution is 2.30. The van der Waals surface area contributed by atoms with Crippen LogP contribution in [-0.2, 0) is 16.1 Å². The molecule has 1 aliphatic rings. The lowest BCUT2D eigenvalue weighted by Gasteiger charge is -2.09. The summed E-state index contributed by atoms with van der Waals surface area (Å²) in [6, 6.07) is 14.5. The molecule has 0 saturated heterocycles. The fourth-order valence-electron chi connectivity index (χ4n) is 2.43. The normalized spacial score (nSPS) is 13.1. The van der Waals surface area contributed by atoms with E-state index in [1.807, 2.05) is 24.3 Å². The largest absolute Gasteiger partial charge is 0.493 e. The predicted molar refractivity (Wildman–Crippen MR) is 101 cm³/mol. The number of hydrogen-bond donors (Lipinski definition) is 2. The third kappa shape index (κ3) is 5.77. The number of carbonyl (C=O) groups is 2. The number of nitrogens with one attached hydrogen (secondary N) is 2. The third-order valence-electron chi connectivity index (χ3n) is 4.04. The van der Waals surface area contributed by atoms with Crippen molar-refractivity contribution in [1.82, 2.24) is 5.32 Å². The molecule has 2 aromatic carbocycles. The zero-order valence-electron chi connectivity index (χ0n) is 14.3. The number of amides is 2. The quantitative estimate of drug-likeness (QED) is 0.741. The van der Waals surface area contributed by atoms with Crippen LogP contribution in [0, 0.1) is 5.92 Å². The highest BCUT2D eigenvalue weighted by molar-refractivity contribution is 6.30. The van der Waals surface area contributed by atoms with Crippen LogP contribution in [0.5, 0.6) is 5.75 Å². The van der Waals surface area contributed by atoms with Crippen molar-refractivity contribution in [2.75, 3.05) is 11.9 Å². The topological polar surface area (TPSA) is 67.4 Å². The number of benzene rings is 2. The molecule has 0 atom stereocenters. The third-order valence-corrected chi connectivity index (χ3v) is 4.30. The first-order chi connectivity index (χ1) is 12.6. The van der Waals surface area contributed by atoms with Crippen LogP contribution in [0.25, 0.3) is 0 Å². The summed E-state index contributed by atoms with van der Waals surface area (Å²) in [5, 5.41) is 6.41. The van der Waals surface area contributed by atoms with Crippen LogP contribution in [-0.4, -0.2) is 18.4 Å². The van der Waals surface area contributed by atoms with Crippen LogP contribution in [0.15, 0.2) is 48.5 Å². The summed E-state index contributed by atoms with van der Waals surface area (Å²) in [4.78, 5) is 23.7. The van der Waals surface area contributed by atoms with E-state index in [0.717, 1.165) is 24.1 Å². The zero-order chi connectivity index (χ0) is 18.4. The van der Waals surface area contributed by atoms with Gasteiger partial charge in [-0.05, 0) is 54.8 Å². The Morgan fingerprint density at radius 3 is 2.62 bits per heavy atom. The maximum Gasteiger partial charge on any atom is 0.227 e. The van der Waals surface area contributed by atoms with Crippen molar-refractivity contribution in [1.29, 1.82) is 0 Å². The number of carbonyl (C=O) groups excluding carboxylic acids is 2. The van der Waals surface area contributed by atoms with E-state index < -0.39 is 0 Å². The number of anilines is 1. The first kappa shape index (κ1) is 18.3. The molecule has 2 N–H and O–H groups in total. The average molecular weight is 373 g/mol. The van der Waals surface area contributed by atoms with Gasteiger partial charge >= 0.3 is 0 Å². The van der Waals surface area contributed by atoms with Crippen LogP contribution >= 0.6 is 11.6 Å². The van der Waals surface area contributed by atoms with Gasteiger partial charge in [0.05, 0.1) is 13.0 Å². The second-order valence-corrected chi connectivity index (χ2v) is 6.73. The summed E-state index contributed by atoms with van der Waals surface area (Å²) in [6.45, 7) is 0.706. The Morgan fingerprint density at radius 1 is 1.12 bits per heavy atom. The monoisotopic (exact) mass is 372 g/mol. The van der Waals surface area contributed by atoms with E-state index >= 15 is 0 Å². The fourth-order valence-corrected chi connectivity index (χ4v) is 2.56. The molecule has 26 heavy (non-hydrogen) atoms. The van der Waals surface area contributed by atoms with Gasteiger partial charge in [0, 0.05) is 23.2 Å². The molecule has 0 spiro atoms. The molecule has 6 heteroatoms. The molecule has 3 rings (SSSR count). The Morgan fingerprint density at radius 2 is 1.88 bits per heavy atom. The van der Waals surface area contributed by atoms with Crippen molar-refractivity contribution >= 4 is 29.1 Å². The molecule has 0 aromatic heterocycles. The summed E-state index contributed by atoms with van der Waals surface area (Å²) in [7, 11) is 0. The number of halogens is 1. The van der Waals surface area contributed by atoms with E-state index in [-0.39, 0.29) is 24.2 Å². The lowest BCUT2D eigenvalue weighted by Crippen LogP contribution is -2.24. The highest BCUT2D eigenvalue weighted by Gasteiger charge is 2.29. The molecule has 5 nitrogen and oxygen atoms in total. The summed E-state index contributed by atoms with van der Waals surface area (Å²) >= 11 is 5.81. The van der Waals surface area contributed by atoms with Gasteiger partial charge in [-0.2, -0.15) is 0 Å². The second-order valence-electron chi connectivity index (χ2n) is 6.29. The van der Waals surface area contributed by atoms with E-state index in [1.165, 1.54) is 0 Å². The van der Waals surface area contributed by atoms with Gasteiger partial charge in [0.1, 0.15) is 5.75 Å². The molecule has 1 aliphatic carbocycles. The summed E-state index contributed by atoms with van der Waals surface area (Å²) in [6.07, 6.45) is 2.21. The molecule has 0 bridgehead atoms. The van der Waals surface area contributed by atoms with E-state index in [1.54, 1.807) is 24.3 Å². The van der Waals surface area contributed by atoms with Crippen molar-refractivity contribution in [3.63, 3.8) is 0 Å². The molecule has 0 heterocycles. The first-order valence-corrected chi connectivity index (χ1v) is 9.03. The lowest BCUT2D eigenvalue weighted by molar-refractivity contribution is -0.121. The summed E-state index contributed by atoms with van der Waals surface area (Å²) < 4.78 is 5.51. The first-order valence-electron chi connectivity index (χ1n) is 8.65. The number of ether oxygens (including phenoxy) is 1. The molecule has 0 unspecified atom stereocenters. The summed E-state index contributed by atoms with van der Waals surface area (Å²) in [5.74, 6) is 0.831. The molecule has 2 amide bonds. The SMILES string of the molecule is O=C(CCOc1ccc(Cl)cc1)NCc1cccc(NC(=O)C2CC2)c1. The Bertz CT molecular complexity index is 773. The van der Waals surface area contributed by atoms with Gasteiger partial charge in [0.25, 0.3) is 0 Å². The van der Waals surface area contributed by atoms with Gasteiger partial charge in [-0.25, -0.2) is 0 Å². The number of rotatable bonds is 8. The van der Waals surface area contributed by atoms with E-state index in [4.69, 9.17) is 16.3 Å². The van der Waals surface area contributed by atoms with Crippen molar-refractivity contribution < 1.29 is 14.3 Å². The molecule has 1 saturated carbocycles. The fraction of sp³-hybridized carbons (Fsp3) is 0.300. The van der Waals surface area contributed by atoms with Gasteiger partial charge in [-0.3, -0.25) is 9.59 Å². The minimum absolute atomic E-state index is 0.0746. The molecule has 1 fully saturated rings. The molecule has 0 aliphatic heterocycles. The van der Waals surface area contributed by atoms with Crippen LogP contribution in [0.3, 0.4) is 0 Å². The zero-order valence-corrected chi connectivity index (χ0v) is 15.1. The second kappa shape index (κ2) is 8.72. The highest BCUT2D eigenvalue weighted by atomic mass is 35.5. The van der Waals surface area contributed by atoms with Crippen LogP contribution in [0.4, 0.5) is 5.69 Å². The van der Waals surface area contributed by atoms with E-state index in [2.05, 4.69) is 10.6 Å². The van der Waals surface area contributed by atoms with Crippen molar-refractivity contribution in [3.8, 4) is 5.75 Å². The van der Waals surface area contributed by atoms with Crippen LogP contribution in [0.1, 0.15) is 24.8 Å². The van der Waals surface area contributed by atoms with Crippen molar-refractivity contribution in [3.05, 3.63) is 59.1 Å². The van der Waals surface area contributed by atoms with Gasteiger partial charge in [0.2, 0.25) is 11.8 Å². The Balaban J connectivity index is 1.39. The van der Waals surface area contributed by atoms with Gasteiger partial charge in [-0.1, -0.05) is 23.7 Å². The smallest absolute Gasteiger partial charge is 0.227 e. The minimum atomic E-state index is -0.0913. The summed E-state index contributed by atoms with van der Waals surface area (Å²) in [5.41, 5.74) is 1.70. The van der Waals surface area contributed by atoms with Gasteiger partial charge in [-0.15, -0.1) is 0 Å². The van der Waals surface area contributed by atoms with Gasteiger partial charge < -0.3 is 15.4 Å². The molecule has 136 valence electrons. The Hall–Kier alpha value is -2.53. The van der Waals surface area contributed by atoms with Crippen LogP contribution in [0.2, 0.25) is 5.02 Å². The maximum atomic E-state index is 11.9. The van der Waals surface area contributed by atoms with Gasteiger partial charge in [0.15, 0.2) is 0 Å². The van der Waals surface area contributed by atoms with Crippen molar-refractivity contribution in [2.24, 2.45) is 5.92 Å². The standard InChI is InChI=1S/C20H21ClN2O3/c21-16-6-8-18(9-7-16)26-11-10-19(24)22-13-14-2-1-3-17(12-14)23-20(25)15-4-5-15/h1-3,6-9,12,15H,4-5,10-11,13H2,(H,22,24)(H,23,25). The average Bonchev–Trinajstić information content (AvgIpc) is 3.47.